The summed E-state index contributed by atoms with van der Waals surface area (Å²) in [5.41, 5.74) is 0.667. The summed E-state index contributed by atoms with van der Waals surface area (Å²) in [5.74, 6) is 1.26. The van der Waals surface area contributed by atoms with Gasteiger partial charge in [0.25, 0.3) is 0 Å². The summed E-state index contributed by atoms with van der Waals surface area (Å²) < 4.78 is 5.46. The zero-order chi connectivity index (χ0) is 12.8. The van der Waals surface area contributed by atoms with Crippen LogP contribution in [-0.4, -0.2) is 19.0 Å². The summed E-state index contributed by atoms with van der Waals surface area (Å²) in [6.07, 6.45) is 6.97. The van der Waals surface area contributed by atoms with Gasteiger partial charge < -0.3 is 9.64 Å². The molecule has 4 heteroatoms. The van der Waals surface area contributed by atoms with Crippen molar-refractivity contribution in [1.82, 2.24) is 4.90 Å². The molecule has 1 aliphatic heterocycles. The Morgan fingerprint density at radius 2 is 1.94 bits per heavy atom. The van der Waals surface area contributed by atoms with E-state index in [1.807, 2.05) is 37.3 Å². The molecule has 0 saturated carbocycles. The van der Waals surface area contributed by atoms with E-state index in [-0.39, 0.29) is 5.57 Å². The molecule has 1 heterocycles. The second-order valence-electron chi connectivity index (χ2n) is 3.74. The summed E-state index contributed by atoms with van der Waals surface area (Å²) in [5, 5.41) is 17.6. The molecule has 0 bridgehead atoms. The first kappa shape index (κ1) is 12.6. The van der Waals surface area contributed by atoms with Crippen LogP contribution in [0.25, 0.3) is 0 Å². The van der Waals surface area contributed by atoms with Gasteiger partial charge in [-0.3, -0.25) is 0 Å². The molecule has 0 aromatic rings. The third-order valence-electron chi connectivity index (χ3n) is 1.98. The summed E-state index contributed by atoms with van der Waals surface area (Å²) >= 11 is 0. The molecule has 0 unspecified atom stereocenters. The molecule has 0 atom stereocenters. The van der Waals surface area contributed by atoms with Crippen LogP contribution >= 0.6 is 0 Å². The molecule has 0 spiro atoms. The molecular weight excluding hydrogens is 214 g/mol. The Hall–Kier alpha value is -2.46. The zero-order valence-corrected chi connectivity index (χ0v) is 10.1. The highest BCUT2D eigenvalue weighted by atomic mass is 16.5. The quantitative estimate of drug-likeness (QED) is 0.679. The van der Waals surface area contributed by atoms with Gasteiger partial charge in [-0.25, -0.2) is 0 Å². The van der Waals surface area contributed by atoms with E-state index in [0.29, 0.717) is 17.1 Å². The normalized spacial score (nSPS) is 14.3. The lowest BCUT2D eigenvalue weighted by molar-refractivity contribution is 0.316. The van der Waals surface area contributed by atoms with Crippen LogP contribution in [0.5, 0.6) is 0 Å². The Bertz CT molecular complexity index is 492. The van der Waals surface area contributed by atoms with Crippen molar-refractivity contribution in [2.75, 3.05) is 14.1 Å². The summed E-state index contributed by atoms with van der Waals surface area (Å²) in [4.78, 5) is 1.87. The predicted molar refractivity (Wildman–Crippen MR) is 64.0 cm³/mol. The Balaban J connectivity index is 3.11. The predicted octanol–water partition coefficient (Wildman–Crippen LogP) is 2.22. The van der Waals surface area contributed by atoms with Crippen molar-refractivity contribution in [3.63, 3.8) is 0 Å². The first-order valence-electron chi connectivity index (χ1n) is 5.03. The third-order valence-corrected chi connectivity index (χ3v) is 1.98. The van der Waals surface area contributed by atoms with Gasteiger partial charge in [-0.05, 0) is 25.2 Å². The van der Waals surface area contributed by atoms with Crippen LogP contribution in [0.15, 0.2) is 47.1 Å². The first-order valence-corrected chi connectivity index (χ1v) is 5.03. The van der Waals surface area contributed by atoms with E-state index in [2.05, 4.69) is 0 Å². The molecule has 0 saturated heterocycles. The standard InChI is InChI=1S/C13H13N3O/c1-10-6-11(12(8-14)9-15)7-13(17-10)4-5-16(2)3/h4-7H,1-3H3/b5-4+. The molecule has 86 valence electrons. The molecule has 1 rings (SSSR count). The monoisotopic (exact) mass is 227 g/mol. The van der Waals surface area contributed by atoms with Crippen molar-refractivity contribution >= 4 is 0 Å². The number of nitrogens with zero attached hydrogens (tertiary/aromatic N) is 3. The van der Waals surface area contributed by atoms with Crippen molar-refractivity contribution in [2.24, 2.45) is 0 Å². The summed E-state index contributed by atoms with van der Waals surface area (Å²) in [6, 6.07) is 3.73. The van der Waals surface area contributed by atoms with Crippen molar-refractivity contribution in [2.45, 2.75) is 6.92 Å². The third kappa shape index (κ3) is 3.55. The fourth-order valence-electron chi connectivity index (χ4n) is 1.26. The van der Waals surface area contributed by atoms with E-state index in [4.69, 9.17) is 15.3 Å². The molecule has 17 heavy (non-hydrogen) atoms. The van der Waals surface area contributed by atoms with Crippen LogP contribution in [0.2, 0.25) is 0 Å². The van der Waals surface area contributed by atoms with E-state index in [0.717, 1.165) is 0 Å². The van der Waals surface area contributed by atoms with Crippen molar-refractivity contribution in [3.8, 4) is 12.1 Å². The van der Waals surface area contributed by atoms with Gasteiger partial charge in [-0.15, -0.1) is 0 Å². The Morgan fingerprint density at radius 1 is 1.29 bits per heavy atom. The lowest BCUT2D eigenvalue weighted by atomic mass is 10.1. The zero-order valence-electron chi connectivity index (χ0n) is 10.1. The van der Waals surface area contributed by atoms with Gasteiger partial charge in [-0.1, -0.05) is 0 Å². The Kier molecular flexibility index (Phi) is 4.14. The number of hydrogen-bond donors (Lipinski definition) is 0. The Labute approximate surface area is 101 Å². The number of hydrogen-bond acceptors (Lipinski definition) is 4. The van der Waals surface area contributed by atoms with Crippen molar-refractivity contribution in [3.05, 3.63) is 47.1 Å². The fourth-order valence-corrected chi connectivity index (χ4v) is 1.26. The fraction of sp³-hybridized carbons (Fsp3) is 0.231. The van der Waals surface area contributed by atoms with Gasteiger partial charge in [-0.2, -0.15) is 10.5 Å². The highest BCUT2D eigenvalue weighted by molar-refractivity contribution is 5.52. The molecule has 0 amide bonds. The van der Waals surface area contributed by atoms with E-state index in [1.165, 1.54) is 0 Å². The summed E-state index contributed by atoms with van der Waals surface area (Å²) in [7, 11) is 3.80. The number of allylic oxidation sites excluding steroid dienone is 6. The molecule has 0 aliphatic carbocycles. The minimum absolute atomic E-state index is 0.0865. The van der Waals surface area contributed by atoms with Crippen molar-refractivity contribution < 1.29 is 4.74 Å². The molecule has 4 nitrogen and oxygen atoms in total. The lowest BCUT2D eigenvalue weighted by Crippen LogP contribution is -2.02. The minimum Gasteiger partial charge on any atom is -0.462 e. The molecule has 0 N–H and O–H groups in total. The average molecular weight is 227 g/mol. The van der Waals surface area contributed by atoms with Crippen LogP contribution in [0, 0.1) is 22.7 Å². The molecule has 0 aromatic heterocycles. The van der Waals surface area contributed by atoms with Gasteiger partial charge >= 0.3 is 0 Å². The Morgan fingerprint density at radius 3 is 2.47 bits per heavy atom. The van der Waals surface area contributed by atoms with Crippen LogP contribution < -0.4 is 0 Å². The van der Waals surface area contributed by atoms with Gasteiger partial charge in [0.15, 0.2) is 0 Å². The molecular formula is C13H13N3O. The van der Waals surface area contributed by atoms with Crippen LogP contribution in [0.3, 0.4) is 0 Å². The van der Waals surface area contributed by atoms with E-state index >= 15 is 0 Å². The average Bonchev–Trinajstić information content (AvgIpc) is 2.27. The van der Waals surface area contributed by atoms with Crippen LogP contribution in [0.1, 0.15) is 6.92 Å². The molecule has 0 aromatic carbocycles. The molecule has 0 fully saturated rings. The van der Waals surface area contributed by atoms with E-state index < -0.39 is 0 Å². The highest BCUT2D eigenvalue weighted by Gasteiger charge is 2.10. The van der Waals surface area contributed by atoms with Crippen molar-refractivity contribution in [1.29, 1.82) is 10.5 Å². The van der Waals surface area contributed by atoms with Gasteiger partial charge in [0, 0.05) is 25.9 Å². The molecule has 1 aliphatic rings. The second kappa shape index (κ2) is 5.58. The SMILES string of the molecule is CC1=CC(=C(C#N)C#N)C=C(/C=C/N(C)C)O1. The highest BCUT2D eigenvalue weighted by Crippen LogP contribution is 2.21. The largest absolute Gasteiger partial charge is 0.462 e. The van der Waals surface area contributed by atoms with Gasteiger partial charge in [0.05, 0.1) is 0 Å². The maximum atomic E-state index is 8.81. The minimum atomic E-state index is 0.0865. The number of ether oxygens (including phenoxy) is 1. The van der Waals surface area contributed by atoms with Gasteiger partial charge in [0.1, 0.15) is 29.2 Å². The molecule has 0 radical (unpaired) electrons. The van der Waals surface area contributed by atoms with Crippen LogP contribution in [0.4, 0.5) is 0 Å². The number of nitriles is 2. The van der Waals surface area contributed by atoms with E-state index in [9.17, 15) is 0 Å². The topological polar surface area (TPSA) is 60.0 Å². The maximum absolute atomic E-state index is 8.81. The number of rotatable bonds is 2. The first-order chi connectivity index (χ1) is 8.06. The summed E-state index contributed by atoms with van der Waals surface area (Å²) in [6.45, 7) is 1.78. The van der Waals surface area contributed by atoms with Gasteiger partial charge in [0.2, 0.25) is 0 Å². The maximum Gasteiger partial charge on any atom is 0.137 e. The lowest BCUT2D eigenvalue weighted by Gasteiger charge is -2.14. The van der Waals surface area contributed by atoms with E-state index in [1.54, 1.807) is 25.2 Å². The smallest absolute Gasteiger partial charge is 0.137 e. The second-order valence-corrected chi connectivity index (χ2v) is 3.74. The van der Waals surface area contributed by atoms with Crippen LogP contribution in [-0.2, 0) is 4.74 Å².